The number of para-hydroxylation sites is 1. The van der Waals surface area contributed by atoms with Gasteiger partial charge in [0.15, 0.2) is 5.82 Å². The number of H-pyrrole nitrogens is 1. The van der Waals surface area contributed by atoms with E-state index in [1.54, 1.807) is 6.20 Å². The molecule has 4 aromatic rings. The van der Waals surface area contributed by atoms with Gasteiger partial charge in [0.25, 0.3) is 0 Å². The standard InChI is InChI=1S/C21H21N5O/c1-2-6-18-16(4-1)20(23-12-14-7-10-27-11-8-14)26-21(25-18)17-13-24-19-15(17)5-3-9-22-19/h1-6,9,13-14H,7-8,10-12H2,(H,22,24)(H,23,25,26). The number of hydrogen-bond donors (Lipinski definition) is 2. The molecule has 2 N–H and O–H groups in total. The van der Waals surface area contributed by atoms with Crippen LogP contribution in [0.25, 0.3) is 33.3 Å². The van der Waals surface area contributed by atoms with E-state index in [1.807, 2.05) is 36.5 Å². The Kier molecular flexibility index (Phi) is 4.18. The number of anilines is 1. The highest BCUT2D eigenvalue weighted by Crippen LogP contribution is 2.29. The van der Waals surface area contributed by atoms with Crippen molar-refractivity contribution < 1.29 is 4.74 Å². The number of nitrogens with zero attached hydrogens (tertiary/aromatic N) is 3. The van der Waals surface area contributed by atoms with Crippen LogP contribution in [0.1, 0.15) is 12.8 Å². The fourth-order valence-electron chi connectivity index (χ4n) is 3.66. The Morgan fingerprint density at radius 1 is 1.04 bits per heavy atom. The van der Waals surface area contributed by atoms with E-state index in [1.165, 1.54) is 0 Å². The van der Waals surface area contributed by atoms with Crippen LogP contribution in [0, 0.1) is 5.92 Å². The summed E-state index contributed by atoms with van der Waals surface area (Å²) in [5, 5.41) is 5.65. The van der Waals surface area contributed by atoms with E-state index in [2.05, 4.69) is 21.4 Å². The third-order valence-corrected chi connectivity index (χ3v) is 5.19. The van der Waals surface area contributed by atoms with Gasteiger partial charge >= 0.3 is 0 Å². The van der Waals surface area contributed by atoms with Crippen LogP contribution in [-0.4, -0.2) is 39.7 Å². The van der Waals surface area contributed by atoms with Crippen LogP contribution in [0.5, 0.6) is 0 Å². The maximum atomic E-state index is 5.47. The van der Waals surface area contributed by atoms with Crippen molar-refractivity contribution in [2.24, 2.45) is 5.92 Å². The molecule has 4 heterocycles. The van der Waals surface area contributed by atoms with Gasteiger partial charge < -0.3 is 15.0 Å². The number of aromatic nitrogens is 4. The third-order valence-electron chi connectivity index (χ3n) is 5.19. The molecule has 3 aromatic heterocycles. The number of benzene rings is 1. The lowest BCUT2D eigenvalue weighted by atomic mass is 10.0. The highest BCUT2D eigenvalue weighted by Gasteiger charge is 2.16. The van der Waals surface area contributed by atoms with E-state index >= 15 is 0 Å². The molecule has 0 spiro atoms. The van der Waals surface area contributed by atoms with Gasteiger partial charge in [0.1, 0.15) is 11.5 Å². The number of nitrogens with one attached hydrogen (secondary N) is 2. The van der Waals surface area contributed by atoms with Gasteiger partial charge in [0, 0.05) is 48.5 Å². The van der Waals surface area contributed by atoms with Crippen LogP contribution in [0.2, 0.25) is 0 Å². The zero-order valence-electron chi connectivity index (χ0n) is 15.0. The van der Waals surface area contributed by atoms with Gasteiger partial charge in [0.2, 0.25) is 0 Å². The molecule has 1 fully saturated rings. The summed E-state index contributed by atoms with van der Waals surface area (Å²) in [6, 6.07) is 12.1. The summed E-state index contributed by atoms with van der Waals surface area (Å²) in [6.45, 7) is 2.61. The molecule has 6 heteroatoms. The molecule has 0 amide bonds. The lowest BCUT2D eigenvalue weighted by Gasteiger charge is -2.22. The molecule has 27 heavy (non-hydrogen) atoms. The lowest BCUT2D eigenvalue weighted by molar-refractivity contribution is 0.0699. The Balaban J connectivity index is 1.55. The van der Waals surface area contributed by atoms with Crippen LogP contribution in [0.3, 0.4) is 0 Å². The van der Waals surface area contributed by atoms with Crippen molar-refractivity contribution in [1.82, 2.24) is 19.9 Å². The second-order valence-electron chi connectivity index (χ2n) is 6.95. The van der Waals surface area contributed by atoms with Gasteiger partial charge in [-0.2, -0.15) is 0 Å². The molecule has 1 aliphatic heterocycles. The highest BCUT2D eigenvalue weighted by molar-refractivity contribution is 5.95. The zero-order chi connectivity index (χ0) is 18.1. The largest absolute Gasteiger partial charge is 0.381 e. The first kappa shape index (κ1) is 16.2. The van der Waals surface area contributed by atoms with E-state index in [9.17, 15) is 0 Å². The molecular formula is C21H21N5O. The number of hydrogen-bond acceptors (Lipinski definition) is 5. The van der Waals surface area contributed by atoms with Crippen molar-refractivity contribution in [2.75, 3.05) is 25.1 Å². The van der Waals surface area contributed by atoms with Crippen LogP contribution in [0.15, 0.2) is 48.8 Å². The second-order valence-corrected chi connectivity index (χ2v) is 6.95. The fourth-order valence-corrected chi connectivity index (χ4v) is 3.66. The number of ether oxygens (including phenoxy) is 1. The van der Waals surface area contributed by atoms with Gasteiger partial charge in [-0.15, -0.1) is 0 Å². The molecule has 1 aromatic carbocycles. The molecule has 1 aliphatic rings. The summed E-state index contributed by atoms with van der Waals surface area (Å²) >= 11 is 0. The van der Waals surface area contributed by atoms with E-state index in [-0.39, 0.29) is 0 Å². The molecular weight excluding hydrogens is 338 g/mol. The third kappa shape index (κ3) is 3.13. The minimum atomic E-state index is 0.619. The molecule has 0 radical (unpaired) electrons. The molecule has 0 unspecified atom stereocenters. The minimum absolute atomic E-state index is 0.619. The normalized spacial score (nSPS) is 15.4. The molecule has 1 saturated heterocycles. The molecule has 0 atom stereocenters. The predicted molar refractivity (Wildman–Crippen MR) is 107 cm³/mol. The topological polar surface area (TPSA) is 75.7 Å². The number of aromatic amines is 1. The first-order valence-electron chi connectivity index (χ1n) is 9.39. The van der Waals surface area contributed by atoms with Gasteiger partial charge in [-0.1, -0.05) is 12.1 Å². The summed E-state index contributed by atoms with van der Waals surface area (Å²) in [5.74, 6) is 2.22. The van der Waals surface area contributed by atoms with Gasteiger partial charge in [0.05, 0.1) is 5.52 Å². The monoisotopic (exact) mass is 359 g/mol. The quantitative estimate of drug-likeness (QED) is 0.576. The Labute approximate surface area is 157 Å². The van der Waals surface area contributed by atoms with Crippen LogP contribution >= 0.6 is 0 Å². The molecule has 5 rings (SSSR count). The summed E-state index contributed by atoms with van der Waals surface area (Å²) in [4.78, 5) is 17.3. The van der Waals surface area contributed by atoms with Crippen LogP contribution < -0.4 is 5.32 Å². The van der Waals surface area contributed by atoms with Crippen molar-refractivity contribution >= 4 is 27.8 Å². The smallest absolute Gasteiger partial charge is 0.164 e. The summed E-state index contributed by atoms with van der Waals surface area (Å²) in [6.07, 6.45) is 5.91. The fraction of sp³-hybridized carbons (Fsp3) is 0.286. The first-order chi connectivity index (χ1) is 13.4. The lowest BCUT2D eigenvalue weighted by Crippen LogP contribution is -2.23. The summed E-state index contributed by atoms with van der Waals surface area (Å²) < 4.78 is 5.47. The molecule has 136 valence electrons. The molecule has 0 bridgehead atoms. The minimum Gasteiger partial charge on any atom is -0.381 e. The van der Waals surface area contributed by atoms with Crippen molar-refractivity contribution in [1.29, 1.82) is 0 Å². The Morgan fingerprint density at radius 2 is 1.89 bits per heavy atom. The van der Waals surface area contributed by atoms with Crippen molar-refractivity contribution in [3.05, 3.63) is 48.8 Å². The first-order valence-corrected chi connectivity index (χ1v) is 9.39. The zero-order valence-corrected chi connectivity index (χ0v) is 15.0. The van der Waals surface area contributed by atoms with E-state index in [4.69, 9.17) is 14.7 Å². The number of fused-ring (bicyclic) bond motifs is 2. The number of rotatable bonds is 4. The van der Waals surface area contributed by atoms with Gasteiger partial charge in [-0.05, 0) is 43.0 Å². The SMILES string of the molecule is c1ccc2c(NCC3CCOCC3)nc(-c3c[nH]c4ncccc34)nc2c1. The average molecular weight is 359 g/mol. The van der Waals surface area contributed by atoms with E-state index in [0.29, 0.717) is 11.7 Å². The Morgan fingerprint density at radius 3 is 2.81 bits per heavy atom. The average Bonchev–Trinajstić information content (AvgIpc) is 3.17. The van der Waals surface area contributed by atoms with Crippen molar-refractivity contribution in [3.63, 3.8) is 0 Å². The maximum absolute atomic E-state index is 5.47. The van der Waals surface area contributed by atoms with Gasteiger partial charge in [-0.3, -0.25) is 0 Å². The highest BCUT2D eigenvalue weighted by atomic mass is 16.5. The van der Waals surface area contributed by atoms with E-state index in [0.717, 1.165) is 65.9 Å². The predicted octanol–water partition coefficient (Wildman–Crippen LogP) is 4.01. The van der Waals surface area contributed by atoms with Crippen LogP contribution in [-0.2, 0) is 4.74 Å². The maximum Gasteiger partial charge on any atom is 0.164 e. The van der Waals surface area contributed by atoms with E-state index < -0.39 is 0 Å². The molecule has 0 aliphatic carbocycles. The second kappa shape index (κ2) is 6.96. The Bertz CT molecular complexity index is 1080. The van der Waals surface area contributed by atoms with Gasteiger partial charge in [-0.25, -0.2) is 15.0 Å². The van der Waals surface area contributed by atoms with Crippen LogP contribution in [0.4, 0.5) is 5.82 Å². The molecule has 6 nitrogen and oxygen atoms in total. The van der Waals surface area contributed by atoms with Crippen molar-refractivity contribution in [3.8, 4) is 11.4 Å². The number of pyridine rings is 1. The molecule has 0 saturated carbocycles. The van der Waals surface area contributed by atoms with Crippen molar-refractivity contribution in [2.45, 2.75) is 12.8 Å². The summed E-state index contributed by atoms with van der Waals surface area (Å²) in [7, 11) is 0. The Hall–Kier alpha value is -2.99. The summed E-state index contributed by atoms with van der Waals surface area (Å²) in [5.41, 5.74) is 2.76.